The molecule has 0 unspecified atom stereocenters. The van der Waals surface area contributed by atoms with Crippen molar-refractivity contribution in [2.75, 3.05) is 32.8 Å². The molecule has 1 aliphatic rings. The molecule has 1 amide bonds. The Morgan fingerprint density at radius 3 is 2.35 bits per heavy atom. The third kappa shape index (κ3) is 5.38. The molecule has 2 aromatic carbocycles. The number of ketones is 1. The zero-order valence-electron chi connectivity index (χ0n) is 17.5. The van der Waals surface area contributed by atoms with E-state index in [4.69, 9.17) is 9.26 Å². The molecular weight excluding hydrogens is 394 g/mol. The van der Waals surface area contributed by atoms with Gasteiger partial charge in [-0.25, -0.2) is 0 Å². The summed E-state index contributed by atoms with van der Waals surface area (Å²) in [5, 5.41) is 4.04. The molecule has 0 aliphatic carbocycles. The highest BCUT2D eigenvalue weighted by molar-refractivity contribution is 6.08. The molecule has 0 bridgehead atoms. The average molecular weight is 420 g/mol. The standard InChI is InChI=1S/C24H25N3O4/c1-18-15-21(25-31-18)16-26-11-13-27(14-12-26)23(28)17-30-22-9-7-20(8-10-22)24(29)19-5-3-2-4-6-19/h2-10,15H,11-14,16-17H2,1H3/p+1. The molecular formula is C24H26N3O4+. The summed E-state index contributed by atoms with van der Waals surface area (Å²) in [7, 11) is 0. The van der Waals surface area contributed by atoms with Gasteiger partial charge in [0.25, 0.3) is 5.91 Å². The summed E-state index contributed by atoms with van der Waals surface area (Å²) < 4.78 is 10.8. The van der Waals surface area contributed by atoms with Gasteiger partial charge >= 0.3 is 0 Å². The van der Waals surface area contributed by atoms with Gasteiger partial charge in [-0.05, 0) is 31.2 Å². The number of nitrogens with one attached hydrogen (secondary N) is 1. The van der Waals surface area contributed by atoms with E-state index in [1.165, 1.54) is 4.90 Å². The maximum Gasteiger partial charge on any atom is 0.260 e. The monoisotopic (exact) mass is 420 g/mol. The van der Waals surface area contributed by atoms with Crippen LogP contribution in [0.2, 0.25) is 0 Å². The molecule has 0 atom stereocenters. The molecule has 7 heteroatoms. The Kier molecular flexibility index (Phi) is 6.43. The Morgan fingerprint density at radius 2 is 1.71 bits per heavy atom. The summed E-state index contributed by atoms with van der Waals surface area (Å²) in [6, 6.07) is 18.0. The fourth-order valence-electron chi connectivity index (χ4n) is 3.70. The van der Waals surface area contributed by atoms with E-state index in [-0.39, 0.29) is 18.3 Å². The van der Waals surface area contributed by atoms with Crippen molar-refractivity contribution < 1.29 is 23.7 Å². The number of aromatic nitrogens is 1. The van der Waals surface area contributed by atoms with Crippen molar-refractivity contribution in [3.8, 4) is 5.75 Å². The molecule has 1 aliphatic heterocycles. The summed E-state index contributed by atoms with van der Waals surface area (Å²) in [6.07, 6.45) is 0. The van der Waals surface area contributed by atoms with Crippen LogP contribution in [-0.4, -0.2) is 54.5 Å². The number of rotatable bonds is 7. The van der Waals surface area contributed by atoms with Crippen molar-refractivity contribution in [1.29, 1.82) is 0 Å². The van der Waals surface area contributed by atoms with E-state index < -0.39 is 0 Å². The van der Waals surface area contributed by atoms with E-state index >= 15 is 0 Å². The maximum atomic E-state index is 12.5. The van der Waals surface area contributed by atoms with Crippen LogP contribution in [0, 0.1) is 6.92 Å². The third-order valence-electron chi connectivity index (χ3n) is 5.45. The van der Waals surface area contributed by atoms with Crippen LogP contribution in [0.5, 0.6) is 5.75 Å². The second-order valence-corrected chi connectivity index (χ2v) is 7.74. The van der Waals surface area contributed by atoms with E-state index in [2.05, 4.69) is 5.16 Å². The fraction of sp³-hybridized carbons (Fsp3) is 0.292. The van der Waals surface area contributed by atoms with Crippen LogP contribution in [0.1, 0.15) is 27.4 Å². The van der Waals surface area contributed by atoms with Crippen LogP contribution in [0.3, 0.4) is 0 Å². The predicted octanol–water partition coefficient (Wildman–Crippen LogP) is 1.52. The van der Waals surface area contributed by atoms with Gasteiger partial charge in [-0.1, -0.05) is 35.5 Å². The molecule has 0 radical (unpaired) electrons. The summed E-state index contributed by atoms with van der Waals surface area (Å²) in [5.74, 6) is 1.33. The molecule has 2 heterocycles. The topological polar surface area (TPSA) is 77.1 Å². The number of aryl methyl sites for hydroxylation is 1. The molecule has 1 aromatic heterocycles. The number of amides is 1. The minimum Gasteiger partial charge on any atom is -0.484 e. The summed E-state index contributed by atoms with van der Waals surface area (Å²) in [4.78, 5) is 28.2. The molecule has 1 N–H and O–H groups in total. The molecule has 1 saturated heterocycles. The van der Waals surface area contributed by atoms with E-state index in [0.29, 0.717) is 30.0 Å². The van der Waals surface area contributed by atoms with Crippen molar-refractivity contribution in [2.24, 2.45) is 0 Å². The Labute approximate surface area is 181 Å². The number of ether oxygens (including phenoxy) is 1. The molecule has 0 spiro atoms. The minimum atomic E-state index is -0.0376. The first kappa shape index (κ1) is 20.8. The lowest BCUT2D eigenvalue weighted by molar-refractivity contribution is -0.918. The lowest BCUT2D eigenvalue weighted by atomic mass is 10.0. The fourth-order valence-corrected chi connectivity index (χ4v) is 3.70. The van der Waals surface area contributed by atoms with Crippen LogP contribution in [-0.2, 0) is 11.3 Å². The highest BCUT2D eigenvalue weighted by atomic mass is 16.5. The third-order valence-corrected chi connectivity index (χ3v) is 5.45. The Morgan fingerprint density at radius 1 is 1.03 bits per heavy atom. The quantitative estimate of drug-likeness (QED) is 0.587. The average Bonchev–Trinajstić information content (AvgIpc) is 3.23. The van der Waals surface area contributed by atoms with Gasteiger partial charge in [0.15, 0.2) is 12.4 Å². The van der Waals surface area contributed by atoms with Gasteiger partial charge in [-0.2, -0.15) is 0 Å². The normalized spacial score (nSPS) is 14.4. The first-order chi connectivity index (χ1) is 15.1. The Hall–Kier alpha value is -3.45. The van der Waals surface area contributed by atoms with Gasteiger partial charge in [-0.3, -0.25) is 9.59 Å². The van der Waals surface area contributed by atoms with Gasteiger partial charge in [0.1, 0.15) is 23.7 Å². The van der Waals surface area contributed by atoms with Crippen LogP contribution in [0.15, 0.2) is 65.2 Å². The smallest absolute Gasteiger partial charge is 0.260 e. The van der Waals surface area contributed by atoms with E-state index in [1.807, 2.05) is 36.1 Å². The Bertz CT molecular complexity index is 1020. The molecule has 3 aromatic rings. The zero-order chi connectivity index (χ0) is 21.6. The molecule has 31 heavy (non-hydrogen) atoms. The number of carbonyl (C=O) groups is 2. The summed E-state index contributed by atoms with van der Waals surface area (Å²) in [5.41, 5.74) is 2.18. The first-order valence-corrected chi connectivity index (χ1v) is 10.4. The van der Waals surface area contributed by atoms with Crippen molar-refractivity contribution in [1.82, 2.24) is 10.1 Å². The molecule has 0 saturated carbocycles. The van der Waals surface area contributed by atoms with Gasteiger partial charge in [0.05, 0.1) is 26.2 Å². The molecule has 4 rings (SSSR count). The van der Waals surface area contributed by atoms with Crippen LogP contribution in [0.25, 0.3) is 0 Å². The number of nitrogens with zero attached hydrogens (tertiary/aromatic N) is 2. The van der Waals surface area contributed by atoms with Crippen molar-refractivity contribution in [2.45, 2.75) is 13.5 Å². The lowest BCUT2D eigenvalue weighted by Crippen LogP contribution is -3.13. The van der Waals surface area contributed by atoms with Gasteiger partial charge in [0, 0.05) is 17.2 Å². The molecule has 1 fully saturated rings. The van der Waals surface area contributed by atoms with Crippen LogP contribution in [0.4, 0.5) is 0 Å². The highest BCUT2D eigenvalue weighted by Gasteiger charge is 2.24. The number of hydrogen-bond donors (Lipinski definition) is 1. The number of piperazine rings is 1. The highest BCUT2D eigenvalue weighted by Crippen LogP contribution is 2.15. The van der Waals surface area contributed by atoms with E-state index in [1.54, 1.807) is 36.4 Å². The molecule has 7 nitrogen and oxygen atoms in total. The van der Waals surface area contributed by atoms with E-state index in [0.717, 1.165) is 31.1 Å². The molecule has 160 valence electrons. The number of carbonyl (C=O) groups excluding carboxylic acids is 2. The lowest BCUT2D eigenvalue weighted by Gasteiger charge is -2.31. The second kappa shape index (κ2) is 9.57. The van der Waals surface area contributed by atoms with Gasteiger partial charge in [0.2, 0.25) is 0 Å². The van der Waals surface area contributed by atoms with Crippen molar-refractivity contribution >= 4 is 11.7 Å². The first-order valence-electron chi connectivity index (χ1n) is 10.4. The van der Waals surface area contributed by atoms with Crippen LogP contribution >= 0.6 is 0 Å². The summed E-state index contributed by atoms with van der Waals surface area (Å²) in [6.45, 7) is 5.81. The Balaban J connectivity index is 1.23. The maximum absolute atomic E-state index is 12.5. The second-order valence-electron chi connectivity index (χ2n) is 7.74. The summed E-state index contributed by atoms with van der Waals surface area (Å²) >= 11 is 0. The predicted molar refractivity (Wildman–Crippen MR) is 114 cm³/mol. The largest absolute Gasteiger partial charge is 0.484 e. The van der Waals surface area contributed by atoms with Crippen molar-refractivity contribution in [3.63, 3.8) is 0 Å². The van der Waals surface area contributed by atoms with Crippen molar-refractivity contribution in [3.05, 3.63) is 83.2 Å². The van der Waals surface area contributed by atoms with Gasteiger partial charge in [-0.15, -0.1) is 0 Å². The van der Waals surface area contributed by atoms with Crippen LogP contribution < -0.4 is 9.64 Å². The van der Waals surface area contributed by atoms with Gasteiger partial charge < -0.3 is 19.1 Å². The minimum absolute atomic E-state index is 0.0101. The number of benzene rings is 2. The van der Waals surface area contributed by atoms with E-state index in [9.17, 15) is 9.59 Å². The zero-order valence-corrected chi connectivity index (χ0v) is 17.5. The SMILES string of the molecule is Cc1cc(C[NH+]2CCN(C(=O)COc3ccc(C(=O)c4ccccc4)cc3)CC2)no1. The number of hydrogen-bond acceptors (Lipinski definition) is 5. The number of quaternary nitrogens is 1.